The highest BCUT2D eigenvalue weighted by Crippen LogP contribution is 2.64. The van der Waals surface area contributed by atoms with E-state index in [0.717, 1.165) is 51.4 Å². The van der Waals surface area contributed by atoms with Crippen molar-refractivity contribution in [3.05, 3.63) is 23.8 Å². The molecule has 0 N–H and O–H groups in total. The first-order valence-electron chi connectivity index (χ1n) is 8.90. The minimum atomic E-state index is -0.239. The molecule has 0 bridgehead atoms. The summed E-state index contributed by atoms with van der Waals surface area (Å²) >= 11 is 0. The van der Waals surface area contributed by atoms with Gasteiger partial charge in [0.2, 0.25) is 0 Å². The first-order valence-corrected chi connectivity index (χ1v) is 8.90. The molecule has 2 heteroatoms. The standard InChI is InChI=1S/C20H26O2/c1-13-7-10-20(12-21)14(11-13)3-4-15-16-5-6-18(22)19(16,2)9-8-17(15)20/h11-12,15-17H,1,3-10H2,2H3/t15-,16-,17-,19-,20+/m0/s1. The zero-order valence-corrected chi connectivity index (χ0v) is 13.6. The molecule has 0 amide bonds. The van der Waals surface area contributed by atoms with Gasteiger partial charge in [-0.05, 0) is 62.7 Å². The molecular weight excluding hydrogens is 272 g/mol. The Hall–Kier alpha value is -1.18. The Morgan fingerprint density at radius 1 is 1.14 bits per heavy atom. The molecule has 0 aromatic carbocycles. The average molecular weight is 298 g/mol. The van der Waals surface area contributed by atoms with Crippen LogP contribution in [0.2, 0.25) is 0 Å². The molecule has 4 aliphatic rings. The SMILES string of the molecule is C=C1C=C2CC[C@@H]3[C@H](CC[C@]4(C)C(=O)CC[C@@H]34)[C@@]2(C=O)CC1. The van der Waals surface area contributed by atoms with Gasteiger partial charge < -0.3 is 4.79 Å². The van der Waals surface area contributed by atoms with Crippen LogP contribution in [0.15, 0.2) is 23.8 Å². The molecule has 2 nitrogen and oxygen atoms in total. The Bertz CT molecular complexity index is 587. The van der Waals surface area contributed by atoms with Crippen LogP contribution < -0.4 is 0 Å². The predicted octanol–water partition coefficient (Wildman–Crippen LogP) is 4.25. The molecule has 0 saturated heterocycles. The lowest BCUT2D eigenvalue weighted by Gasteiger charge is -2.56. The molecule has 3 fully saturated rings. The molecular formula is C20H26O2. The molecule has 0 aliphatic heterocycles. The monoisotopic (exact) mass is 298 g/mol. The maximum absolute atomic E-state index is 12.4. The van der Waals surface area contributed by atoms with Crippen molar-refractivity contribution in [2.45, 2.75) is 58.3 Å². The van der Waals surface area contributed by atoms with Crippen LogP contribution >= 0.6 is 0 Å². The van der Waals surface area contributed by atoms with Gasteiger partial charge in [-0.25, -0.2) is 0 Å². The second kappa shape index (κ2) is 4.66. The third kappa shape index (κ3) is 1.67. The van der Waals surface area contributed by atoms with Crippen LogP contribution in [0.3, 0.4) is 0 Å². The van der Waals surface area contributed by atoms with Crippen LogP contribution in [0, 0.1) is 28.6 Å². The Morgan fingerprint density at radius 3 is 2.73 bits per heavy atom. The first kappa shape index (κ1) is 14.4. The zero-order valence-electron chi connectivity index (χ0n) is 13.6. The maximum Gasteiger partial charge on any atom is 0.139 e. The van der Waals surface area contributed by atoms with E-state index in [1.165, 1.54) is 17.4 Å². The molecule has 0 unspecified atom stereocenters. The topological polar surface area (TPSA) is 34.1 Å². The van der Waals surface area contributed by atoms with Gasteiger partial charge >= 0.3 is 0 Å². The fourth-order valence-corrected chi connectivity index (χ4v) is 6.35. The molecule has 0 spiro atoms. The van der Waals surface area contributed by atoms with E-state index in [1.807, 2.05) is 0 Å². The largest absolute Gasteiger partial charge is 0.302 e. The number of allylic oxidation sites excluding steroid dienone is 3. The van der Waals surface area contributed by atoms with Crippen LogP contribution in [0.4, 0.5) is 0 Å². The van der Waals surface area contributed by atoms with Crippen LogP contribution in [0.5, 0.6) is 0 Å². The zero-order chi connectivity index (χ0) is 15.5. The van der Waals surface area contributed by atoms with Crippen molar-refractivity contribution >= 4 is 12.1 Å². The molecule has 4 aliphatic carbocycles. The van der Waals surface area contributed by atoms with Gasteiger partial charge in [-0.3, -0.25) is 4.79 Å². The van der Waals surface area contributed by atoms with Gasteiger partial charge in [-0.2, -0.15) is 0 Å². The van der Waals surface area contributed by atoms with E-state index >= 15 is 0 Å². The van der Waals surface area contributed by atoms with Crippen molar-refractivity contribution in [1.29, 1.82) is 0 Å². The van der Waals surface area contributed by atoms with Gasteiger partial charge in [0, 0.05) is 11.8 Å². The highest BCUT2D eigenvalue weighted by atomic mass is 16.1. The number of ketones is 1. The number of hydrogen-bond donors (Lipinski definition) is 0. The molecule has 22 heavy (non-hydrogen) atoms. The highest BCUT2D eigenvalue weighted by Gasteiger charge is 2.60. The van der Waals surface area contributed by atoms with Crippen molar-refractivity contribution in [2.75, 3.05) is 0 Å². The molecule has 0 radical (unpaired) electrons. The second-order valence-electron chi connectivity index (χ2n) is 8.32. The van der Waals surface area contributed by atoms with Crippen molar-refractivity contribution in [2.24, 2.45) is 28.6 Å². The number of hydrogen-bond acceptors (Lipinski definition) is 2. The van der Waals surface area contributed by atoms with E-state index in [1.54, 1.807) is 0 Å². The van der Waals surface area contributed by atoms with E-state index in [4.69, 9.17) is 0 Å². The number of rotatable bonds is 1. The summed E-state index contributed by atoms with van der Waals surface area (Å²) in [7, 11) is 0. The van der Waals surface area contributed by atoms with Crippen LogP contribution in [-0.2, 0) is 9.59 Å². The number of carbonyl (C=O) groups excluding carboxylic acids is 2. The summed E-state index contributed by atoms with van der Waals surface area (Å²) in [6, 6.07) is 0. The fourth-order valence-electron chi connectivity index (χ4n) is 6.35. The van der Waals surface area contributed by atoms with Gasteiger partial charge in [0.25, 0.3) is 0 Å². The summed E-state index contributed by atoms with van der Waals surface area (Å²) in [5.74, 6) is 2.03. The molecule has 5 atom stereocenters. The quantitative estimate of drug-likeness (QED) is 0.678. The summed E-state index contributed by atoms with van der Waals surface area (Å²) in [5.41, 5.74) is 2.19. The molecule has 0 aromatic heterocycles. The number of carbonyl (C=O) groups is 2. The van der Waals surface area contributed by atoms with Gasteiger partial charge in [0.1, 0.15) is 12.1 Å². The van der Waals surface area contributed by atoms with Crippen molar-refractivity contribution in [3.8, 4) is 0 Å². The summed E-state index contributed by atoms with van der Waals surface area (Å²) in [6.45, 7) is 6.31. The maximum atomic E-state index is 12.4. The normalized spacial score (nSPS) is 47.3. The third-order valence-electron chi connectivity index (χ3n) is 7.60. The summed E-state index contributed by atoms with van der Waals surface area (Å²) in [4.78, 5) is 24.6. The summed E-state index contributed by atoms with van der Waals surface area (Å²) in [6.07, 6.45) is 11.4. The third-order valence-corrected chi connectivity index (χ3v) is 7.60. The Kier molecular flexibility index (Phi) is 3.05. The Labute approximate surface area is 133 Å². The molecule has 0 heterocycles. The van der Waals surface area contributed by atoms with Crippen LogP contribution in [0.25, 0.3) is 0 Å². The van der Waals surface area contributed by atoms with E-state index in [9.17, 15) is 9.59 Å². The Balaban J connectivity index is 1.74. The molecule has 4 rings (SSSR count). The second-order valence-corrected chi connectivity index (χ2v) is 8.32. The minimum Gasteiger partial charge on any atom is -0.302 e. The van der Waals surface area contributed by atoms with Crippen molar-refractivity contribution < 1.29 is 9.59 Å². The van der Waals surface area contributed by atoms with Gasteiger partial charge in [-0.15, -0.1) is 0 Å². The smallest absolute Gasteiger partial charge is 0.139 e. The molecule has 3 saturated carbocycles. The summed E-state index contributed by atoms with van der Waals surface area (Å²) in [5, 5.41) is 0. The van der Waals surface area contributed by atoms with Crippen molar-refractivity contribution in [1.82, 2.24) is 0 Å². The predicted molar refractivity (Wildman–Crippen MR) is 86.2 cm³/mol. The first-order chi connectivity index (χ1) is 10.5. The van der Waals surface area contributed by atoms with Gasteiger partial charge in [0.15, 0.2) is 0 Å². The van der Waals surface area contributed by atoms with E-state index in [0.29, 0.717) is 23.5 Å². The van der Waals surface area contributed by atoms with Gasteiger partial charge in [-0.1, -0.05) is 30.7 Å². The number of aldehydes is 1. The fraction of sp³-hybridized carbons (Fsp3) is 0.700. The summed E-state index contributed by atoms with van der Waals surface area (Å²) < 4.78 is 0. The lowest BCUT2D eigenvalue weighted by atomic mass is 9.47. The number of Topliss-reactive ketones (excluding diaryl/α,β-unsaturated/α-hetero) is 1. The van der Waals surface area contributed by atoms with E-state index in [-0.39, 0.29) is 10.8 Å². The number of fused-ring (bicyclic) bond motifs is 5. The lowest BCUT2D eigenvalue weighted by Crippen LogP contribution is -2.52. The molecule has 0 aromatic rings. The van der Waals surface area contributed by atoms with Crippen LogP contribution in [-0.4, -0.2) is 12.1 Å². The van der Waals surface area contributed by atoms with Gasteiger partial charge in [0.05, 0.1) is 5.41 Å². The van der Waals surface area contributed by atoms with E-state index in [2.05, 4.69) is 19.6 Å². The Morgan fingerprint density at radius 2 is 1.95 bits per heavy atom. The van der Waals surface area contributed by atoms with Crippen LogP contribution in [0.1, 0.15) is 58.3 Å². The highest BCUT2D eigenvalue weighted by molar-refractivity contribution is 5.87. The lowest BCUT2D eigenvalue weighted by molar-refractivity contribution is -0.135. The molecule has 118 valence electrons. The van der Waals surface area contributed by atoms with Crippen molar-refractivity contribution in [3.63, 3.8) is 0 Å². The van der Waals surface area contributed by atoms with E-state index < -0.39 is 0 Å². The average Bonchev–Trinajstić information content (AvgIpc) is 2.82. The minimum absolute atomic E-state index is 0.0925.